The van der Waals surface area contributed by atoms with Crippen molar-refractivity contribution >= 4 is 44.3 Å². The Hall–Kier alpha value is -1.59. The summed E-state index contributed by atoms with van der Waals surface area (Å²) in [5, 5.41) is 9.14. The van der Waals surface area contributed by atoms with Gasteiger partial charge in [-0.1, -0.05) is 27.5 Å². The molecule has 3 rings (SSSR count). The van der Waals surface area contributed by atoms with E-state index >= 15 is 0 Å². The van der Waals surface area contributed by atoms with E-state index in [4.69, 9.17) is 11.6 Å². The summed E-state index contributed by atoms with van der Waals surface area (Å²) in [6.07, 6.45) is 4.80. The third-order valence-electron chi connectivity index (χ3n) is 3.19. The highest BCUT2D eigenvalue weighted by Crippen LogP contribution is 2.27. The van der Waals surface area contributed by atoms with Gasteiger partial charge in [-0.15, -0.1) is 0 Å². The monoisotopic (exact) mass is 364 g/mol. The Morgan fingerprint density at radius 1 is 1.33 bits per heavy atom. The fraction of sp³-hybridized carbons (Fsp3) is 0.200. The van der Waals surface area contributed by atoms with Gasteiger partial charge < -0.3 is 5.32 Å². The highest BCUT2D eigenvalue weighted by Gasteiger charge is 2.04. The highest BCUT2D eigenvalue weighted by molar-refractivity contribution is 9.10. The molecule has 0 atom stereocenters. The van der Waals surface area contributed by atoms with Crippen LogP contribution in [-0.2, 0) is 13.5 Å². The van der Waals surface area contributed by atoms with Crippen molar-refractivity contribution in [3.8, 4) is 0 Å². The number of aryl methyl sites for hydroxylation is 1. The first-order valence-corrected chi connectivity index (χ1v) is 7.76. The summed E-state index contributed by atoms with van der Waals surface area (Å²) in [7, 11) is 1.92. The van der Waals surface area contributed by atoms with Crippen LogP contribution in [0.5, 0.6) is 0 Å². The highest BCUT2D eigenvalue weighted by atomic mass is 79.9. The van der Waals surface area contributed by atoms with Gasteiger partial charge in [0, 0.05) is 29.6 Å². The lowest BCUT2D eigenvalue weighted by molar-refractivity contribution is 0.767. The Balaban J connectivity index is 1.72. The molecule has 0 bridgehead atoms. The lowest BCUT2D eigenvalue weighted by atomic mass is 10.2. The molecule has 108 valence electrons. The normalized spacial score (nSPS) is 11.0. The number of hydrogen-bond donors (Lipinski definition) is 1. The Morgan fingerprint density at radius 3 is 2.95 bits per heavy atom. The summed E-state index contributed by atoms with van der Waals surface area (Å²) in [6, 6.07) is 7.85. The maximum absolute atomic E-state index is 6.24. The number of fused-ring (bicyclic) bond motifs is 1. The topological polar surface area (TPSA) is 42.7 Å². The van der Waals surface area contributed by atoms with E-state index in [1.807, 2.05) is 43.7 Å². The Kier molecular flexibility index (Phi) is 4.12. The second-order valence-electron chi connectivity index (χ2n) is 4.85. The van der Waals surface area contributed by atoms with Crippen LogP contribution in [0, 0.1) is 0 Å². The molecule has 0 aliphatic rings. The van der Waals surface area contributed by atoms with Crippen molar-refractivity contribution < 1.29 is 0 Å². The maximum atomic E-state index is 6.24. The first-order valence-electron chi connectivity index (χ1n) is 6.59. The molecule has 21 heavy (non-hydrogen) atoms. The summed E-state index contributed by atoms with van der Waals surface area (Å²) >= 11 is 9.67. The molecule has 0 fully saturated rings. The molecular formula is C15H14BrClN4. The lowest BCUT2D eigenvalue weighted by Crippen LogP contribution is -2.05. The standard InChI is InChI=1S/C15H14BrClN4/c1-21-9-10(8-19-21)4-5-18-14-3-2-11-6-12(16)7-13(17)15(11)20-14/h2-3,6-9H,4-5H2,1H3,(H,18,20). The quantitative estimate of drug-likeness (QED) is 0.759. The van der Waals surface area contributed by atoms with Crippen LogP contribution in [0.25, 0.3) is 10.9 Å². The summed E-state index contributed by atoms with van der Waals surface area (Å²) in [5.74, 6) is 0.829. The first kappa shape index (κ1) is 14.4. The fourth-order valence-corrected chi connectivity index (χ4v) is 3.07. The zero-order chi connectivity index (χ0) is 14.8. The third-order valence-corrected chi connectivity index (χ3v) is 3.93. The maximum Gasteiger partial charge on any atom is 0.126 e. The average Bonchev–Trinajstić information content (AvgIpc) is 2.85. The number of pyridine rings is 1. The largest absolute Gasteiger partial charge is 0.370 e. The van der Waals surface area contributed by atoms with Crippen LogP contribution in [0.3, 0.4) is 0 Å². The van der Waals surface area contributed by atoms with Crippen molar-refractivity contribution in [2.24, 2.45) is 7.05 Å². The van der Waals surface area contributed by atoms with Gasteiger partial charge in [0.1, 0.15) is 5.82 Å². The SMILES string of the molecule is Cn1cc(CCNc2ccc3cc(Br)cc(Cl)c3n2)cn1. The summed E-state index contributed by atoms with van der Waals surface area (Å²) in [5.41, 5.74) is 2.01. The van der Waals surface area contributed by atoms with Gasteiger partial charge in [0.2, 0.25) is 0 Å². The van der Waals surface area contributed by atoms with Crippen LogP contribution in [0.4, 0.5) is 5.82 Å². The molecule has 2 heterocycles. The number of rotatable bonds is 4. The second kappa shape index (κ2) is 6.03. The van der Waals surface area contributed by atoms with Crippen molar-refractivity contribution in [1.29, 1.82) is 0 Å². The smallest absolute Gasteiger partial charge is 0.126 e. The summed E-state index contributed by atoms with van der Waals surface area (Å²) in [4.78, 5) is 4.57. The van der Waals surface area contributed by atoms with Gasteiger partial charge in [-0.05, 0) is 36.2 Å². The van der Waals surface area contributed by atoms with Crippen LogP contribution in [0.15, 0.2) is 41.1 Å². The zero-order valence-corrected chi connectivity index (χ0v) is 13.8. The van der Waals surface area contributed by atoms with Gasteiger partial charge in [-0.25, -0.2) is 4.98 Å². The molecule has 0 unspecified atom stereocenters. The molecule has 4 nitrogen and oxygen atoms in total. The number of anilines is 1. The van der Waals surface area contributed by atoms with Crippen LogP contribution < -0.4 is 5.32 Å². The molecule has 0 aliphatic heterocycles. The van der Waals surface area contributed by atoms with E-state index in [1.165, 1.54) is 5.56 Å². The number of benzene rings is 1. The van der Waals surface area contributed by atoms with E-state index in [9.17, 15) is 0 Å². The van der Waals surface area contributed by atoms with Crippen LogP contribution in [-0.4, -0.2) is 21.3 Å². The minimum Gasteiger partial charge on any atom is -0.370 e. The molecule has 0 radical (unpaired) electrons. The van der Waals surface area contributed by atoms with Gasteiger partial charge in [0.25, 0.3) is 0 Å². The van der Waals surface area contributed by atoms with Crippen LogP contribution in [0.1, 0.15) is 5.56 Å². The van der Waals surface area contributed by atoms with Gasteiger partial charge in [-0.3, -0.25) is 4.68 Å². The van der Waals surface area contributed by atoms with Gasteiger partial charge in [0.15, 0.2) is 0 Å². The molecule has 1 N–H and O–H groups in total. The number of hydrogen-bond acceptors (Lipinski definition) is 3. The molecule has 6 heteroatoms. The number of nitrogens with zero attached hydrogens (tertiary/aromatic N) is 3. The van der Waals surface area contributed by atoms with E-state index < -0.39 is 0 Å². The second-order valence-corrected chi connectivity index (χ2v) is 6.18. The molecule has 1 aromatic carbocycles. The predicted molar refractivity (Wildman–Crippen MR) is 89.9 cm³/mol. The number of aromatic nitrogens is 3. The van der Waals surface area contributed by atoms with Crippen LogP contribution >= 0.6 is 27.5 Å². The van der Waals surface area contributed by atoms with E-state index in [2.05, 4.69) is 31.3 Å². The first-order chi connectivity index (χ1) is 10.1. The van der Waals surface area contributed by atoms with Gasteiger partial charge >= 0.3 is 0 Å². The Morgan fingerprint density at radius 2 is 2.19 bits per heavy atom. The minimum absolute atomic E-state index is 0.648. The fourth-order valence-electron chi connectivity index (χ4n) is 2.19. The predicted octanol–water partition coefficient (Wildman–Crippen LogP) is 4.04. The van der Waals surface area contributed by atoms with Gasteiger partial charge in [0.05, 0.1) is 16.7 Å². The van der Waals surface area contributed by atoms with E-state index in [1.54, 1.807) is 4.68 Å². The van der Waals surface area contributed by atoms with Gasteiger partial charge in [-0.2, -0.15) is 5.10 Å². The Labute approximate surface area is 136 Å². The zero-order valence-electron chi connectivity index (χ0n) is 11.5. The van der Waals surface area contributed by atoms with E-state index in [-0.39, 0.29) is 0 Å². The molecular weight excluding hydrogens is 352 g/mol. The summed E-state index contributed by atoms with van der Waals surface area (Å²) < 4.78 is 2.76. The lowest BCUT2D eigenvalue weighted by Gasteiger charge is -2.07. The molecule has 3 aromatic rings. The molecule has 0 aliphatic carbocycles. The third kappa shape index (κ3) is 3.36. The molecule has 0 spiro atoms. The average molecular weight is 366 g/mol. The molecule has 2 aromatic heterocycles. The van der Waals surface area contributed by atoms with Crippen molar-refractivity contribution in [1.82, 2.24) is 14.8 Å². The molecule has 0 amide bonds. The van der Waals surface area contributed by atoms with E-state index in [0.29, 0.717) is 5.02 Å². The minimum atomic E-state index is 0.648. The molecule has 0 saturated heterocycles. The van der Waals surface area contributed by atoms with Crippen molar-refractivity contribution in [2.75, 3.05) is 11.9 Å². The number of nitrogens with one attached hydrogen (secondary N) is 1. The van der Waals surface area contributed by atoms with E-state index in [0.717, 1.165) is 34.2 Å². The Bertz CT molecular complexity index is 784. The molecule has 0 saturated carbocycles. The van der Waals surface area contributed by atoms with Crippen LogP contribution in [0.2, 0.25) is 5.02 Å². The number of halogens is 2. The van der Waals surface area contributed by atoms with Crippen molar-refractivity contribution in [3.63, 3.8) is 0 Å². The van der Waals surface area contributed by atoms with Crippen molar-refractivity contribution in [3.05, 3.63) is 51.7 Å². The summed E-state index contributed by atoms with van der Waals surface area (Å²) in [6.45, 7) is 0.804. The van der Waals surface area contributed by atoms with Crippen molar-refractivity contribution in [2.45, 2.75) is 6.42 Å².